The molecule has 0 spiro atoms. The van der Waals surface area contributed by atoms with Gasteiger partial charge in [-0.3, -0.25) is 4.79 Å². The average Bonchev–Trinajstić information content (AvgIpc) is 3.12. The van der Waals surface area contributed by atoms with Crippen molar-refractivity contribution in [3.05, 3.63) is 36.7 Å². The van der Waals surface area contributed by atoms with E-state index < -0.39 is 0 Å². The lowest BCUT2D eigenvalue weighted by atomic mass is 9.80. The standard InChI is InChI=1S/C18H19N5O3/c1-25-14-5-3-11(4-6-14)15-9-16(17-21-19-10-23(17)22-15)20-13-7-12(8-13)18(24)26-2/h3-6,9-10,12-13,20H,7-8H2,1-2H3. The van der Waals surface area contributed by atoms with Gasteiger partial charge in [-0.05, 0) is 43.2 Å². The molecule has 134 valence electrons. The van der Waals surface area contributed by atoms with Crippen LogP contribution in [0.2, 0.25) is 0 Å². The van der Waals surface area contributed by atoms with E-state index in [1.807, 2.05) is 30.3 Å². The lowest BCUT2D eigenvalue weighted by molar-refractivity contribution is -0.148. The summed E-state index contributed by atoms with van der Waals surface area (Å²) < 4.78 is 11.6. The van der Waals surface area contributed by atoms with E-state index >= 15 is 0 Å². The Morgan fingerprint density at radius 2 is 2.00 bits per heavy atom. The number of esters is 1. The Bertz CT molecular complexity index is 932. The van der Waals surface area contributed by atoms with E-state index in [1.54, 1.807) is 18.0 Å². The van der Waals surface area contributed by atoms with Crippen LogP contribution in [0.25, 0.3) is 16.9 Å². The summed E-state index contributed by atoms with van der Waals surface area (Å²) >= 11 is 0. The minimum atomic E-state index is -0.149. The first-order valence-electron chi connectivity index (χ1n) is 8.38. The van der Waals surface area contributed by atoms with Gasteiger partial charge in [-0.2, -0.15) is 9.61 Å². The molecule has 8 heteroatoms. The van der Waals surface area contributed by atoms with E-state index in [4.69, 9.17) is 9.47 Å². The van der Waals surface area contributed by atoms with Crippen LogP contribution in [0.15, 0.2) is 36.7 Å². The molecule has 0 amide bonds. The predicted molar refractivity (Wildman–Crippen MR) is 94.9 cm³/mol. The van der Waals surface area contributed by atoms with Crippen molar-refractivity contribution in [2.75, 3.05) is 19.5 Å². The van der Waals surface area contributed by atoms with Crippen molar-refractivity contribution in [2.45, 2.75) is 18.9 Å². The first-order chi connectivity index (χ1) is 12.7. The maximum atomic E-state index is 11.6. The van der Waals surface area contributed by atoms with Gasteiger partial charge in [-0.1, -0.05) is 0 Å². The Hall–Kier alpha value is -3.16. The second kappa shape index (κ2) is 6.62. The molecule has 1 aliphatic carbocycles. The van der Waals surface area contributed by atoms with Crippen molar-refractivity contribution >= 4 is 17.3 Å². The van der Waals surface area contributed by atoms with Gasteiger partial charge in [0.25, 0.3) is 0 Å². The van der Waals surface area contributed by atoms with E-state index in [-0.39, 0.29) is 17.9 Å². The van der Waals surface area contributed by atoms with E-state index in [0.717, 1.165) is 35.5 Å². The number of carbonyl (C=O) groups excluding carboxylic acids is 1. The van der Waals surface area contributed by atoms with Crippen LogP contribution in [0.4, 0.5) is 5.69 Å². The molecule has 2 heterocycles. The number of rotatable bonds is 5. The SMILES string of the molecule is COC(=O)C1CC(Nc2cc(-c3ccc(OC)cc3)nn3cnnc23)C1. The van der Waals surface area contributed by atoms with E-state index in [0.29, 0.717) is 5.65 Å². The van der Waals surface area contributed by atoms with Crippen molar-refractivity contribution < 1.29 is 14.3 Å². The molecule has 1 aromatic carbocycles. The van der Waals surface area contributed by atoms with Crippen molar-refractivity contribution in [1.82, 2.24) is 19.8 Å². The zero-order valence-corrected chi connectivity index (χ0v) is 14.5. The summed E-state index contributed by atoms with van der Waals surface area (Å²) in [5.41, 5.74) is 3.26. The minimum absolute atomic E-state index is 0.0331. The molecule has 0 radical (unpaired) electrons. The molecule has 3 aromatic rings. The number of ether oxygens (including phenoxy) is 2. The summed E-state index contributed by atoms with van der Waals surface area (Å²) in [6.45, 7) is 0. The Labute approximate surface area is 150 Å². The molecule has 2 aromatic heterocycles. The molecule has 1 N–H and O–H groups in total. The second-order valence-corrected chi connectivity index (χ2v) is 6.30. The van der Waals surface area contributed by atoms with Gasteiger partial charge in [0.05, 0.1) is 31.5 Å². The molecule has 1 fully saturated rings. The van der Waals surface area contributed by atoms with Crippen molar-refractivity contribution in [3.8, 4) is 17.0 Å². The van der Waals surface area contributed by atoms with Gasteiger partial charge < -0.3 is 14.8 Å². The summed E-state index contributed by atoms with van der Waals surface area (Å²) in [6, 6.07) is 9.86. The minimum Gasteiger partial charge on any atom is -0.497 e. The van der Waals surface area contributed by atoms with Crippen LogP contribution in [0.3, 0.4) is 0 Å². The first kappa shape index (κ1) is 16.3. The van der Waals surface area contributed by atoms with Crippen LogP contribution in [0, 0.1) is 5.92 Å². The fourth-order valence-corrected chi connectivity index (χ4v) is 3.15. The number of nitrogens with one attached hydrogen (secondary N) is 1. The fraction of sp³-hybridized carbons (Fsp3) is 0.333. The number of benzene rings is 1. The van der Waals surface area contributed by atoms with Crippen LogP contribution in [0.1, 0.15) is 12.8 Å². The van der Waals surface area contributed by atoms with Crippen LogP contribution in [-0.2, 0) is 9.53 Å². The van der Waals surface area contributed by atoms with Gasteiger partial charge in [0.1, 0.15) is 12.1 Å². The highest BCUT2D eigenvalue weighted by atomic mass is 16.5. The molecule has 0 saturated heterocycles. The summed E-state index contributed by atoms with van der Waals surface area (Å²) in [6.07, 6.45) is 3.06. The summed E-state index contributed by atoms with van der Waals surface area (Å²) in [5.74, 6) is 0.611. The van der Waals surface area contributed by atoms with E-state index in [9.17, 15) is 4.79 Å². The molecular weight excluding hydrogens is 334 g/mol. The zero-order chi connectivity index (χ0) is 18.1. The number of nitrogens with zero attached hydrogens (tertiary/aromatic N) is 4. The largest absolute Gasteiger partial charge is 0.497 e. The fourth-order valence-electron chi connectivity index (χ4n) is 3.15. The number of methoxy groups -OCH3 is 2. The molecular formula is C18H19N5O3. The second-order valence-electron chi connectivity index (χ2n) is 6.30. The monoisotopic (exact) mass is 353 g/mol. The first-order valence-corrected chi connectivity index (χ1v) is 8.38. The molecule has 1 saturated carbocycles. The highest BCUT2D eigenvalue weighted by Crippen LogP contribution is 2.33. The Morgan fingerprint density at radius 3 is 2.69 bits per heavy atom. The Kier molecular flexibility index (Phi) is 4.16. The highest BCUT2D eigenvalue weighted by molar-refractivity contribution is 5.76. The Morgan fingerprint density at radius 1 is 1.23 bits per heavy atom. The quantitative estimate of drug-likeness (QED) is 0.703. The molecule has 4 rings (SSSR count). The number of carbonyl (C=O) groups is 1. The smallest absolute Gasteiger partial charge is 0.308 e. The van der Waals surface area contributed by atoms with Crippen molar-refractivity contribution in [1.29, 1.82) is 0 Å². The average molecular weight is 353 g/mol. The molecule has 8 nitrogen and oxygen atoms in total. The lowest BCUT2D eigenvalue weighted by Gasteiger charge is -2.34. The molecule has 0 aliphatic heterocycles. The van der Waals surface area contributed by atoms with E-state index in [1.165, 1.54) is 7.11 Å². The number of hydrogen-bond acceptors (Lipinski definition) is 7. The third kappa shape index (κ3) is 2.94. The van der Waals surface area contributed by atoms with Gasteiger partial charge >= 0.3 is 5.97 Å². The number of anilines is 1. The summed E-state index contributed by atoms with van der Waals surface area (Å²) in [5, 5.41) is 16.1. The third-order valence-corrected chi connectivity index (χ3v) is 4.69. The topological polar surface area (TPSA) is 90.6 Å². The van der Waals surface area contributed by atoms with Crippen molar-refractivity contribution in [2.24, 2.45) is 5.92 Å². The Balaban J connectivity index is 1.60. The highest BCUT2D eigenvalue weighted by Gasteiger charge is 2.35. The number of hydrogen-bond donors (Lipinski definition) is 1. The van der Waals surface area contributed by atoms with Crippen LogP contribution < -0.4 is 10.1 Å². The van der Waals surface area contributed by atoms with Gasteiger partial charge in [-0.15, -0.1) is 10.2 Å². The zero-order valence-electron chi connectivity index (χ0n) is 14.5. The molecule has 0 atom stereocenters. The maximum absolute atomic E-state index is 11.6. The molecule has 0 unspecified atom stereocenters. The third-order valence-electron chi connectivity index (χ3n) is 4.69. The molecule has 0 bridgehead atoms. The van der Waals surface area contributed by atoms with Crippen LogP contribution in [-0.4, -0.2) is 46.0 Å². The summed E-state index contributed by atoms with van der Waals surface area (Å²) in [7, 11) is 3.06. The van der Waals surface area contributed by atoms with Gasteiger partial charge in [0, 0.05) is 11.6 Å². The van der Waals surface area contributed by atoms with Crippen LogP contribution in [0.5, 0.6) is 5.75 Å². The van der Waals surface area contributed by atoms with Gasteiger partial charge in [-0.25, -0.2) is 0 Å². The maximum Gasteiger partial charge on any atom is 0.308 e. The normalized spacial score (nSPS) is 19.0. The van der Waals surface area contributed by atoms with E-state index in [2.05, 4.69) is 20.6 Å². The number of aromatic nitrogens is 4. The van der Waals surface area contributed by atoms with Crippen LogP contribution >= 0.6 is 0 Å². The van der Waals surface area contributed by atoms with Gasteiger partial charge in [0.15, 0.2) is 0 Å². The molecule has 1 aliphatic rings. The summed E-state index contributed by atoms with van der Waals surface area (Å²) in [4.78, 5) is 11.6. The molecule has 26 heavy (non-hydrogen) atoms. The number of fused-ring (bicyclic) bond motifs is 1. The van der Waals surface area contributed by atoms with Crippen molar-refractivity contribution in [3.63, 3.8) is 0 Å². The lowest BCUT2D eigenvalue weighted by Crippen LogP contribution is -2.40. The predicted octanol–water partition coefficient (Wildman–Crippen LogP) is 2.16. The van der Waals surface area contributed by atoms with Gasteiger partial charge in [0.2, 0.25) is 5.65 Å².